The van der Waals surface area contributed by atoms with Crippen LogP contribution < -0.4 is 0 Å². The van der Waals surface area contributed by atoms with Crippen LogP contribution in [0.2, 0.25) is 0 Å². The van der Waals surface area contributed by atoms with Crippen molar-refractivity contribution in [3.05, 3.63) is 11.1 Å². The van der Waals surface area contributed by atoms with E-state index in [0.717, 1.165) is 32.6 Å². The van der Waals surface area contributed by atoms with Gasteiger partial charge in [0.15, 0.2) is 0 Å². The van der Waals surface area contributed by atoms with Gasteiger partial charge in [0, 0.05) is 5.57 Å². The van der Waals surface area contributed by atoms with E-state index in [1.807, 2.05) is 0 Å². The molecule has 0 aromatic carbocycles. The van der Waals surface area contributed by atoms with Crippen LogP contribution in [0.3, 0.4) is 0 Å². The second-order valence-electron chi connectivity index (χ2n) is 4.29. The highest BCUT2D eigenvalue weighted by atomic mass is 16.5. The third-order valence-electron chi connectivity index (χ3n) is 2.95. The third-order valence-corrected chi connectivity index (χ3v) is 2.95. The molecule has 0 aromatic heterocycles. The van der Waals surface area contributed by atoms with Crippen LogP contribution in [-0.2, 0) is 19.1 Å². The standard InChI is InChI=1S/C12H16O6/c1-7(11(14)15)9(12(16)17)6-10(13)18-8-4-2-3-5-8/h8H,2-6H2,1H3,(H,14,15)(H,16,17). The minimum Gasteiger partial charge on any atom is -0.478 e. The summed E-state index contributed by atoms with van der Waals surface area (Å²) in [5, 5.41) is 17.6. The summed E-state index contributed by atoms with van der Waals surface area (Å²) < 4.78 is 5.09. The molecule has 100 valence electrons. The quantitative estimate of drug-likeness (QED) is 0.568. The molecule has 0 aromatic rings. The molecule has 0 bridgehead atoms. The Balaban J connectivity index is 2.66. The van der Waals surface area contributed by atoms with E-state index < -0.39 is 29.9 Å². The maximum atomic E-state index is 11.5. The number of carbonyl (C=O) groups is 3. The summed E-state index contributed by atoms with van der Waals surface area (Å²) in [4.78, 5) is 33.1. The van der Waals surface area contributed by atoms with E-state index in [4.69, 9.17) is 14.9 Å². The maximum Gasteiger partial charge on any atom is 0.332 e. The molecule has 1 fully saturated rings. The minimum absolute atomic E-state index is 0.155. The van der Waals surface area contributed by atoms with Crippen LogP contribution >= 0.6 is 0 Å². The molecule has 1 saturated carbocycles. The molecule has 0 unspecified atom stereocenters. The van der Waals surface area contributed by atoms with Crippen molar-refractivity contribution < 1.29 is 29.3 Å². The minimum atomic E-state index is -1.40. The second kappa shape index (κ2) is 6.18. The molecule has 0 atom stereocenters. The van der Waals surface area contributed by atoms with Crippen molar-refractivity contribution in [2.45, 2.75) is 45.1 Å². The zero-order valence-corrected chi connectivity index (χ0v) is 10.1. The summed E-state index contributed by atoms with van der Waals surface area (Å²) in [7, 11) is 0. The van der Waals surface area contributed by atoms with Crippen LogP contribution in [0.5, 0.6) is 0 Å². The van der Waals surface area contributed by atoms with Gasteiger partial charge in [0.1, 0.15) is 6.10 Å². The molecule has 0 radical (unpaired) electrons. The Morgan fingerprint density at radius 1 is 1.11 bits per heavy atom. The summed E-state index contributed by atoms with van der Waals surface area (Å²) in [5.74, 6) is -3.43. The van der Waals surface area contributed by atoms with Crippen molar-refractivity contribution in [1.29, 1.82) is 0 Å². The van der Waals surface area contributed by atoms with Gasteiger partial charge in [-0.1, -0.05) is 0 Å². The normalized spacial score (nSPS) is 17.2. The molecule has 6 heteroatoms. The molecule has 0 amide bonds. The van der Waals surface area contributed by atoms with Crippen molar-refractivity contribution in [3.63, 3.8) is 0 Å². The molecule has 0 aliphatic heterocycles. The van der Waals surface area contributed by atoms with E-state index >= 15 is 0 Å². The molecule has 1 rings (SSSR count). The molecule has 0 spiro atoms. The summed E-state index contributed by atoms with van der Waals surface area (Å²) >= 11 is 0. The number of aliphatic carboxylic acids is 2. The van der Waals surface area contributed by atoms with Crippen LogP contribution in [0.15, 0.2) is 11.1 Å². The van der Waals surface area contributed by atoms with E-state index in [2.05, 4.69) is 0 Å². The Morgan fingerprint density at radius 2 is 1.67 bits per heavy atom. The Hall–Kier alpha value is -1.85. The number of ether oxygens (including phenoxy) is 1. The highest BCUT2D eigenvalue weighted by Gasteiger charge is 2.24. The lowest BCUT2D eigenvalue weighted by Crippen LogP contribution is -2.19. The first kappa shape index (κ1) is 14.2. The van der Waals surface area contributed by atoms with Gasteiger partial charge in [0.25, 0.3) is 0 Å². The highest BCUT2D eigenvalue weighted by molar-refractivity contribution is 6.01. The number of carboxylic acids is 2. The lowest BCUT2D eigenvalue weighted by atomic mass is 10.1. The van der Waals surface area contributed by atoms with E-state index in [1.165, 1.54) is 0 Å². The van der Waals surface area contributed by atoms with Gasteiger partial charge in [0.2, 0.25) is 0 Å². The topological polar surface area (TPSA) is 101 Å². The predicted octanol–water partition coefficient (Wildman–Crippen LogP) is 1.35. The highest BCUT2D eigenvalue weighted by Crippen LogP contribution is 2.22. The first-order valence-corrected chi connectivity index (χ1v) is 5.77. The fourth-order valence-electron chi connectivity index (χ4n) is 1.88. The predicted molar refractivity (Wildman–Crippen MR) is 60.9 cm³/mol. The van der Waals surface area contributed by atoms with Crippen molar-refractivity contribution in [2.24, 2.45) is 0 Å². The monoisotopic (exact) mass is 256 g/mol. The first-order chi connectivity index (χ1) is 8.41. The molecular formula is C12H16O6. The summed E-state index contributed by atoms with van der Waals surface area (Å²) in [6.45, 7) is 1.16. The smallest absolute Gasteiger partial charge is 0.332 e. The first-order valence-electron chi connectivity index (χ1n) is 5.77. The van der Waals surface area contributed by atoms with Crippen molar-refractivity contribution in [3.8, 4) is 0 Å². The fraction of sp³-hybridized carbons (Fsp3) is 0.583. The summed E-state index contributed by atoms with van der Waals surface area (Å²) in [6.07, 6.45) is 2.90. The molecule has 1 aliphatic rings. The Labute approximate surface area is 104 Å². The lowest BCUT2D eigenvalue weighted by Gasteiger charge is -2.11. The van der Waals surface area contributed by atoms with E-state index in [1.54, 1.807) is 0 Å². The average molecular weight is 256 g/mol. The molecule has 2 N–H and O–H groups in total. The van der Waals surface area contributed by atoms with E-state index in [0.29, 0.717) is 0 Å². The third kappa shape index (κ3) is 3.87. The molecular weight excluding hydrogens is 240 g/mol. The average Bonchev–Trinajstić information content (AvgIpc) is 2.77. The van der Waals surface area contributed by atoms with Gasteiger partial charge in [-0.25, -0.2) is 9.59 Å². The van der Waals surface area contributed by atoms with Gasteiger partial charge in [-0.05, 0) is 32.6 Å². The van der Waals surface area contributed by atoms with Crippen LogP contribution in [0, 0.1) is 0 Å². The molecule has 0 saturated heterocycles. The number of hydrogen-bond acceptors (Lipinski definition) is 4. The van der Waals surface area contributed by atoms with Gasteiger partial charge in [-0.15, -0.1) is 0 Å². The fourth-order valence-corrected chi connectivity index (χ4v) is 1.88. The van der Waals surface area contributed by atoms with Gasteiger partial charge in [0.05, 0.1) is 12.0 Å². The Bertz CT molecular complexity index is 389. The largest absolute Gasteiger partial charge is 0.478 e. The Morgan fingerprint density at radius 3 is 2.11 bits per heavy atom. The molecule has 6 nitrogen and oxygen atoms in total. The second-order valence-corrected chi connectivity index (χ2v) is 4.29. The number of hydrogen-bond donors (Lipinski definition) is 2. The number of carbonyl (C=O) groups excluding carboxylic acids is 1. The van der Waals surface area contributed by atoms with Crippen LogP contribution in [-0.4, -0.2) is 34.2 Å². The molecule has 1 aliphatic carbocycles. The molecule has 18 heavy (non-hydrogen) atoms. The maximum absolute atomic E-state index is 11.5. The Kier molecular flexibility index (Phi) is 4.88. The van der Waals surface area contributed by atoms with E-state index in [-0.39, 0.29) is 11.7 Å². The lowest BCUT2D eigenvalue weighted by molar-refractivity contribution is -0.149. The van der Waals surface area contributed by atoms with Crippen molar-refractivity contribution in [1.82, 2.24) is 0 Å². The van der Waals surface area contributed by atoms with E-state index in [9.17, 15) is 14.4 Å². The molecule has 0 heterocycles. The number of carboxylic acid groups (broad SMARTS) is 2. The zero-order valence-electron chi connectivity index (χ0n) is 10.1. The summed E-state index contributed by atoms with van der Waals surface area (Å²) in [6, 6.07) is 0. The van der Waals surface area contributed by atoms with Gasteiger partial charge in [-0.2, -0.15) is 0 Å². The van der Waals surface area contributed by atoms with Crippen LogP contribution in [0.1, 0.15) is 39.0 Å². The number of rotatable bonds is 5. The SMILES string of the molecule is CC(C(=O)O)=C(CC(=O)OC1CCCC1)C(=O)O. The number of esters is 1. The van der Waals surface area contributed by atoms with Gasteiger partial charge >= 0.3 is 17.9 Å². The van der Waals surface area contributed by atoms with Crippen LogP contribution in [0.25, 0.3) is 0 Å². The van der Waals surface area contributed by atoms with Crippen molar-refractivity contribution >= 4 is 17.9 Å². The zero-order chi connectivity index (χ0) is 13.7. The van der Waals surface area contributed by atoms with Gasteiger partial charge < -0.3 is 14.9 Å². The van der Waals surface area contributed by atoms with Gasteiger partial charge in [-0.3, -0.25) is 4.79 Å². The summed E-state index contributed by atoms with van der Waals surface area (Å²) in [5.41, 5.74) is -0.767. The van der Waals surface area contributed by atoms with Crippen LogP contribution in [0.4, 0.5) is 0 Å². The van der Waals surface area contributed by atoms with Crippen molar-refractivity contribution in [2.75, 3.05) is 0 Å².